The predicted octanol–water partition coefficient (Wildman–Crippen LogP) is 5.02. The van der Waals surface area contributed by atoms with Crippen LogP contribution >= 0.6 is 0 Å². The smallest absolute Gasteiger partial charge is 0.323 e. The van der Waals surface area contributed by atoms with Gasteiger partial charge in [0.05, 0.1) is 7.11 Å². The molecule has 0 spiro atoms. The molecule has 1 saturated heterocycles. The van der Waals surface area contributed by atoms with E-state index in [1.54, 1.807) is 0 Å². The number of nitrogens with one attached hydrogen (secondary N) is 1. The van der Waals surface area contributed by atoms with Crippen LogP contribution in [0.3, 0.4) is 0 Å². The van der Waals surface area contributed by atoms with Crippen LogP contribution in [-0.2, 0) is 16.1 Å². The van der Waals surface area contributed by atoms with Gasteiger partial charge in [0.2, 0.25) is 0 Å². The fourth-order valence-electron chi connectivity index (χ4n) is 4.62. The Hall–Kier alpha value is -3.44. The molecule has 0 radical (unpaired) electrons. The lowest BCUT2D eigenvalue weighted by Crippen LogP contribution is -2.37. The van der Waals surface area contributed by atoms with E-state index in [9.17, 15) is 9.59 Å². The Balaban J connectivity index is 1.49. The lowest BCUT2D eigenvalue weighted by Gasteiger charge is -2.22. The van der Waals surface area contributed by atoms with E-state index in [4.69, 9.17) is 4.74 Å². The van der Waals surface area contributed by atoms with E-state index in [-0.39, 0.29) is 24.0 Å². The zero-order valence-corrected chi connectivity index (χ0v) is 20.0. The molecule has 4 rings (SSSR count). The van der Waals surface area contributed by atoms with Gasteiger partial charge in [0.1, 0.15) is 6.04 Å². The second-order valence-electron chi connectivity index (χ2n) is 9.18. The standard InChI is InChI=1S/C29H32N2O3/c1-20(2)22-15-13-21(14-16-22)18-31-19-24(17-27(31)29(33)34-3)30-28(32)26-12-8-7-11-25(26)23-9-5-4-6-10-23/h4-16,20,24,27H,17-19H2,1-3H3,(H,30,32)/t24-,27+/m1/s1. The third-order valence-corrected chi connectivity index (χ3v) is 6.50. The van der Waals surface area contributed by atoms with Crippen LogP contribution in [0.4, 0.5) is 0 Å². The SMILES string of the molecule is COC(=O)[C@@H]1C[C@@H](NC(=O)c2ccccc2-c2ccccc2)CN1Cc1ccc(C(C)C)cc1. The topological polar surface area (TPSA) is 58.6 Å². The Bertz CT molecular complexity index is 1130. The van der Waals surface area contributed by atoms with Crippen molar-refractivity contribution < 1.29 is 14.3 Å². The van der Waals surface area contributed by atoms with Crippen LogP contribution in [0, 0.1) is 0 Å². The van der Waals surface area contributed by atoms with Crippen LogP contribution in [-0.4, -0.2) is 42.5 Å². The van der Waals surface area contributed by atoms with Gasteiger partial charge in [0, 0.05) is 24.7 Å². The maximum atomic E-state index is 13.3. The highest BCUT2D eigenvalue weighted by molar-refractivity contribution is 6.01. The monoisotopic (exact) mass is 456 g/mol. The Morgan fingerprint density at radius 3 is 2.32 bits per heavy atom. The molecular weight excluding hydrogens is 424 g/mol. The van der Waals surface area contributed by atoms with Crippen molar-refractivity contribution in [3.8, 4) is 11.1 Å². The van der Waals surface area contributed by atoms with Gasteiger partial charge in [0.25, 0.3) is 5.91 Å². The van der Waals surface area contributed by atoms with Gasteiger partial charge in [-0.2, -0.15) is 0 Å². The first-order valence-electron chi connectivity index (χ1n) is 11.8. The number of amides is 1. The fraction of sp³-hybridized carbons (Fsp3) is 0.310. The molecule has 5 nitrogen and oxygen atoms in total. The summed E-state index contributed by atoms with van der Waals surface area (Å²) in [6.45, 7) is 5.56. The Morgan fingerprint density at radius 1 is 0.971 bits per heavy atom. The highest BCUT2D eigenvalue weighted by Crippen LogP contribution is 2.26. The largest absolute Gasteiger partial charge is 0.468 e. The minimum atomic E-state index is -0.385. The second-order valence-corrected chi connectivity index (χ2v) is 9.18. The van der Waals surface area contributed by atoms with E-state index in [2.05, 4.69) is 48.3 Å². The molecule has 1 fully saturated rings. The summed E-state index contributed by atoms with van der Waals surface area (Å²) in [4.78, 5) is 27.9. The number of carbonyl (C=O) groups is 2. The van der Waals surface area contributed by atoms with Gasteiger partial charge in [-0.15, -0.1) is 0 Å². The number of benzene rings is 3. The first kappa shape index (κ1) is 23.7. The number of methoxy groups -OCH3 is 1. The van der Waals surface area contributed by atoms with E-state index in [1.807, 2.05) is 54.6 Å². The number of hydrogen-bond acceptors (Lipinski definition) is 4. The van der Waals surface area contributed by atoms with E-state index in [0.717, 1.165) is 16.7 Å². The molecule has 2 atom stereocenters. The molecule has 1 heterocycles. The van der Waals surface area contributed by atoms with Gasteiger partial charge < -0.3 is 10.1 Å². The van der Waals surface area contributed by atoms with Gasteiger partial charge in [-0.1, -0.05) is 86.6 Å². The molecule has 176 valence electrons. The third-order valence-electron chi connectivity index (χ3n) is 6.50. The van der Waals surface area contributed by atoms with Crippen LogP contribution in [0.1, 0.15) is 47.7 Å². The van der Waals surface area contributed by atoms with Gasteiger partial charge in [-0.05, 0) is 40.7 Å². The number of rotatable bonds is 7. The van der Waals surface area contributed by atoms with Crippen molar-refractivity contribution in [2.75, 3.05) is 13.7 Å². The van der Waals surface area contributed by atoms with Crippen molar-refractivity contribution in [1.29, 1.82) is 0 Å². The van der Waals surface area contributed by atoms with Crippen molar-refractivity contribution in [2.24, 2.45) is 0 Å². The average molecular weight is 457 g/mol. The van der Waals surface area contributed by atoms with Gasteiger partial charge in [-0.25, -0.2) is 0 Å². The molecule has 1 aliphatic heterocycles. The number of hydrogen-bond donors (Lipinski definition) is 1. The minimum Gasteiger partial charge on any atom is -0.468 e. The number of nitrogens with zero attached hydrogens (tertiary/aromatic N) is 1. The van der Waals surface area contributed by atoms with E-state index in [0.29, 0.717) is 31.0 Å². The molecule has 0 aromatic heterocycles. The lowest BCUT2D eigenvalue weighted by atomic mass is 9.99. The summed E-state index contributed by atoms with van der Waals surface area (Å²) in [5.74, 6) is 0.0819. The quantitative estimate of drug-likeness (QED) is 0.507. The molecule has 1 amide bonds. The normalized spacial score (nSPS) is 18.1. The van der Waals surface area contributed by atoms with Crippen molar-refractivity contribution in [3.05, 3.63) is 95.6 Å². The molecule has 0 unspecified atom stereocenters. The molecule has 34 heavy (non-hydrogen) atoms. The summed E-state index contributed by atoms with van der Waals surface area (Å²) in [6, 6.07) is 25.5. The Kier molecular flexibility index (Phi) is 7.43. The molecule has 3 aromatic carbocycles. The lowest BCUT2D eigenvalue weighted by molar-refractivity contribution is -0.146. The Labute approximate surface area is 201 Å². The summed E-state index contributed by atoms with van der Waals surface area (Å²) >= 11 is 0. The molecule has 0 bridgehead atoms. The van der Waals surface area contributed by atoms with E-state index >= 15 is 0 Å². The molecule has 1 N–H and O–H groups in total. The van der Waals surface area contributed by atoms with Crippen LogP contribution in [0.25, 0.3) is 11.1 Å². The molecule has 1 aliphatic rings. The van der Waals surface area contributed by atoms with Crippen LogP contribution in [0.15, 0.2) is 78.9 Å². The van der Waals surface area contributed by atoms with Gasteiger partial charge in [0.15, 0.2) is 0 Å². The maximum absolute atomic E-state index is 13.3. The van der Waals surface area contributed by atoms with E-state index in [1.165, 1.54) is 12.7 Å². The predicted molar refractivity (Wildman–Crippen MR) is 134 cm³/mol. The molecule has 5 heteroatoms. The maximum Gasteiger partial charge on any atom is 0.323 e. The Morgan fingerprint density at radius 2 is 1.65 bits per heavy atom. The van der Waals surface area contributed by atoms with Gasteiger partial charge >= 0.3 is 5.97 Å². The summed E-state index contributed by atoms with van der Waals surface area (Å²) < 4.78 is 5.07. The number of carbonyl (C=O) groups excluding carboxylic acids is 2. The van der Waals surface area contributed by atoms with Crippen molar-refractivity contribution in [1.82, 2.24) is 10.2 Å². The summed E-state index contributed by atoms with van der Waals surface area (Å²) in [6.07, 6.45) is 0.524. The zero-order chi connectivity index (χ0) is 24.1. The fourth-order valence-corrected chi connectivity index (χ4v) is 4.62. The minimum absolute atomic E-state index is 0.129. The average Bonchev–Trinajstić information content (AvgIpc) is 3.26. The van der Waals surface area contributed by atoms with E-state index < -0.39 is 0 Å². The van der Waals surface area contributed by atoms with Crippen molar-refractivity contribution >= 4 is 11.9 Å². The summed E-state index contributed by atoms with van der Waals surface area (Å²) in [5, 5.41) is 3.17. The summed E-state index contributed by atoms with van der Waals surface area (Å²) in [5.41, 5.74) is 4.95. The highest BCUT2D eigenvalue weighted by Gasteiger charge is 2.38. The first-order chi connectivity index (χ1) is 16.5. The van der Waals surface area contributed by atoms with Crippen molar-refractivity contribution in [3.63, 3.8) is 0 Å². The highest BCUT2D eigenvalue weighted by atomic mass is 16.5. The number of esters is 1. The van der Waals surface area contributed by atoms with Crippen molar-refractivity contribution in [2.45, 2.75) is 44.8 Å². The molecule has 0 aliphatic carbocycles. The van der Waals surface area contributed by atoms with Gasteiger partial charge in [-0.3, -0.25) is 14.5 Å². The van der Waals surface area contributed by atoms with Crippen LogP contribution in [0.2, 0.25) is 0 Å². The summed E-state index contributed by atoms with van der Waals surface area (Å²) in [7, 11) is 1.42. The number of ether oxygens (including phenoxy) is 1. The zero-order valence-electron chi connectivity index (χ0n) is 20.0. The third kappa shape index (κ3) is 5.37. The molecule has 3 aromatic rings. The second kappa shape index (κ2) is 10.7. The molecular formula is C29H32N2O3. The molecule has 0 saturated carbocycles. The van der Waals surface area contributed by atoms with Crippen LogP contribution in [0.5, 0.6) is 0 Å². The number of likely N-dealkylation sites (tertiary alicyclic amines) is 1. The first-order valence-corrected chi connectivity index (χ1v) is 11.8. The van der Waals surface area contributed by atoms with Crippen LogP contribution < -0.4 is 5.32 Å².